The van der Waals surface area contributed by atoms with Gasteiger partial charge in [-0.3, -0.25) is 9.59 Å². The molecule has 0 aliphatic rings. The number of carbonyl (C=O) groups excluding carboxylic acids is 2. The number of rotatable bonds is 8. The van der Waals surface area contributed by atoms with Crippen LogP contribution in [0.25, 0.3) is 0 Å². The molecule has 0 saturated carbocycles. The summed E-state index contributed by atoms with van der Waals surface area (Å²) in [6, 6.07) is 0. The van der Waals surface area contributed by atoms with Crippen molar-refractivity contribution in [2.75, 3.05) is 13.2 Å². The lowest BCUT2D eigenvalue weighted by molar-refractivity contribution is -0.160. The van der Waals surface area contributed by atoms with Crippen LogP contribution in [0.4, 0.5) is 0 Å². The number of ketones is 2. The van der Waals surface area contributed by atoms with Crippen LogP contribution >= 0.6 is 0 Å². The minimum atomic E-state index is -2.04. The molecule has 0 bridgehead atoms. The third kappa shape index (κ3) is 4.49. The van der Waals surface area contributed by atoms with Crippen molar-refractivity contribution in [3.63, 3.8) is 0 Å². The third-order valence-corrected chi connectivity index (χ3v) is 2.15. The zero-order valence-corrected chi connectivity index (χ0v) is 9.44. The minimum absolute atomic E-state index is 0.167. The number of aliphatic hydroxyl groups excluding tert-OH is 4. The molecule has 4 atom stereocenters. The number of aliphatic hydroxyl groups is 4. The van der Waals surface area contributed by atoms with Gasteiger partial charge in [-0.05, 0) is 6.90 Å². The van der Waals surface area contributed by atoms with Crippen LogP contribution in [0.5, 0.6) is 0 Å². The van der Waals surface area contributed by atoms with Crippen LogP contribution in [0.2, 0.25) is 0 Å². The fraction of sp³-hybridized carbons (Fsp3) is 0.800. The van der Waals surface area contributed by atoms with Crippen molar-refractivity contribution < 1.29 is 36.1 Å². The largest absolute Gasteiger partial charge is 0.394 e. The Morgan fingerprint density at radius 2 is 1.94 bits per heavy atom. The molecule has 0 aromatic carbocycles. The van der Waals surface area contributed by atoms with E-state index in [9.17, 15) is 24.9 Å². The lowest BCUT2D eigenvalue weighted by Gasteiger charge is -2.28. The molecule has 100 valence electrons. The number of hydrogen-bond acceptors (Lipinski definition) is 7. The summed E-state index contributed by atoms with van der Waals surface area (Å²) in [5, 5.41) is 37.2. The zero-order chi connectivity index (χ0) is 14.3. The molecule has 0 amide bonds. The zero-order valence-electron chi connectivity index (χ0n) is 10.4. The molecule has 7 nitrogen and oxygen atoms in total. The van der Waals surface area contributed by atoms with Gasteiger partial charge in [-0.25, -0.2) is 0 Å². The molecule has 0 spiro atoms. The van der Waals surface area contributed by atoms with Crippen LogP contribution < -0.4 is 0 Å². The number of hydrogen-bond donors (Lipinski definition) is 4. The summed E-state index contributed by atoms with van der Waals surface area (Å²) in [4.78, 5) is 21.9. The van der Waals surface area contributed by atoms with E-state index in [1.54, 1.807) is 0 Å². The van der Waals surface area contributed by atoms with Crippen LogP contribution in [0.1, 0.15) is 15.2 Å². The lowest BCUT2D eigenvalue weighted by atomic mass is 9.98. The van der Waals surface area contributed by atoms with Crippen molar-refractivity contribution in [3.8, 4) is 0 Å². The van der Waals surface area contributed by atoms with Gasteiger partial charge < -0.3 is 25.2 Å². The van der Waals surface area contributed by atoms with Gasteiger partial charge in [0.1, 0.15) is 24.4 Å². The van der Waals surface area contributed by atoms with Gasteiger partial charge in [0.25, 0.3) is 0 Å². The van der Waals surface area contributed by atoms with E-state index in [1.165, 1.54) is 0 Å². The highest BCUT2D eigenvalue weighted by atomic mass is 16.5. The van der Waals surface area contributed by atoms with Gasteiger partial charge in [0, 0.05) is 14.9 Å². The molecule has 0 saturated heterocycles. The average Bonchev–Trinajstić information content (AvgIpc) is 2.36. The number of ether oxygens (including phenoxy) is 1. The first kappa shape index (κ1) is 14.2. The van der Waals surface area contributed by atoms with Crippen LogP contribution in [-0.2, 0) is 14.3 Å². The topological polar surface area (TPSA) is 124 Å². The smallest absolute Gasteiger partial charge is 0.229 e. The Labute approximate surface area is 100 Å². The van der Waals surface area contributed by atoms with Gasteiger partial charge in [0.15, 0.2) is 5.78 Å². The molecular formula is C10H18O7. The Morgan fingerprint density at radius 1 is 1.35 bits per heavy atom. The first-order valence-electron chi connectivity index (χ1n) is 5.68. The fourth-order valence-corrected chi connectivity index (χ4v) is 1.22. The summed E-state index contributed by atoms with van der Waals surface area (Å²) in [6.45, 7) is -0.168. The second-order valence-electron chi connectivity index (χ2n) is 3.44. The maximum atomic E-state index is 11.2. The second kappa shape index (κ2) is 7.46. The molecule has 0 aromatic rings. The molecule has 0 heterocycles. The van der Waals surface area contributed by atoms with E-state index in [4.69, 9.17) is 11.2 Å². The Morgan fingerprint density at radius 3 is 2.35 bits per heavy atom. The summed E-state index contributed by atoms with van der Waals surface area (Å²) in [7, 11) is 0. The highest BCUT2D eigenvalue weighted by Gasteiger charge is 2.37. The first-order valence-corrected chi connectivity index (χ1v) is 4.97. The predicted molar refractivity (Wildman–Crippen MR) is 56.2 cm³/mol. The molecule has 0 rings (SSSR count). The molecule has 0 aliphatic carbocycles. The number of carbonyl (C=O) groups is 2. The normalized spacial score (nSPS) is 19.0. The molecule has 0 radical (unpaired) electrons. The van der Waals surface area contributed by atoms with E-state index in [0.29, 0.717) is 0 Å². The molecule has 4 N–H and O–H groups in total. The maximum absolute atomic E-state index is 11.2. The molecular weight excluding hydrogens is 232 g/mol. The molecule has 0 aromatic heterocycles. The van der Waals surface area contributed by atoms with Crippen molar-refractivity contribution >= 4 is 11.6 Å². The SMILES string of the molecule is [2H]CCO[C@@H]([C@H](O)[C@@H](O)C(=O)C(C)=O)[C@H](O)CO. The van der Waals surface area contributed by atoms with E-state index >= 15 is 0 Å². The Balaban J connectivity index is 4.77. The van der Waals surface area contributed by atoms with Crippen molar-refractivity contribution in [2.24, 2.45) is 0 Å². The first-order chi connectivity index (χ1) is 8.36. The van der Waals surface area contributed by atoms with Gasteiger partial charge >= 0.3 is 0 Å². The maximum Gasteiger partial charge on any atom is 0.229 e. The van der Waals surface area contributed by atoms with E-state index in [0.717, 1.165) is 6.92 Å². The monoisotopic (exact) mass is 251 g/mol. The Kier molecular flexibility index (Phi) is 6.23. The van der Waals surface area contributed by atoms with Crippen molar-refractivity contribution in [2.45, 2.75) is 38.2 Å². The third-order valence-electron chi connectivity index (χ3n) is 2.15. The predicted octanol–water partition coefficient (Wildman–Crippen LogP) is -2.38. The summed E-state index contributed by atoms with van der Waals surface area (Å²) in [5.74, 6) is -2.16. The van der Waals surface area contributed by atoms with Crippen molar-refractivity contribution in [1.82, 2.24) is 0 Å². The molecule has 7 heteroatoms. The van der Waals surface area contributed by atoms with Crippen LogP contribution in [-0.4, -0.2) is 69.6 Å². The van der Waals surface area contributed by atoms with Gasteiger partial charge in [0.2, 0.25) is 5.78 Å². The van der Waals surface area contributed by atoms with E-state index in [1.807, 2.05) is 0 Å². The Hall–Kier alpha value is -0.860. The second-order valence-corrected chi connectivity index (χ2v) is 3.44. The highest BCUT2D eigenvalue weighted by Crippen LogP contribution is 2.10. The quantitative estimate of drug-likeness (QED) is 0.355. The van der Waals surface area contributed by atoms with E-state index in [-0.39, 0.29) is 13.5 Å². The molecule has 0 fully saturated rings. The summed E-state index contributed by atoms with van der Waals surface area (Å²) >= 11 is 0. The van der Waals surface area contributed by atoms with Gasteiger partial charge in [-0.1, -0.05) is 0 Å². The van der Waals surface area contributed by atoms with Gasteiger partial charge in [-0.15, -0.1) is 0 Å². The van der Waals surface area contributed by atoms with Crippen molar-refractivity contribution in [1.29, 1.82) is 0 Å². The van der Waals surface area contributed by atoms with E-state index < -0.39 is 42.6 Å². The fourth-order valence-electron chi connectivity index (χ4n) is 1.22. The Bertz CT molecular complexity index is 283. The van der Waals surface area contributed by atoms with Crippen LogP contribution in [0.15, 0.2) is 0 Å². The van der Waals surface area contributed by atoms with Crippen LogP contribution in [0.3, 0.4) is 0 Å². The molecule has 0 unspecified atom stereocenters. The molecule has 17 heavy (non-hydrogen) atoms. The summed E-state index contributed by atoms with van der Waals surface area (Å²) in [5.41, 5.74) is 0. The standard InChI is InChI=1S/C10H18O7/c1-3-17-10(6(13)4-11)9(16)8(15)7(14)5(2)12/h6,8-11,13,15-16H,3-4H2,1-2H3/t6-,8+,9-,10-/m1/s1/i1D. The highest BCUT2D eigenvalue weighted by molar-refractivity contribution is 6.38. The van der Waals surface area contributed by atoms with E-state index in [2.05, 4.69) is 0 Å². The summed E-state index contributed by atoms with van der Waals surface area (Å²) in [6.07, 6.45) is -6.91. The minimum Gasteiger partial charge on any atom is -0.394 e. The molecule has 0 aliphatic heterocycles. The van der Waals surface area contributed by atoms with Gasteiger partial charge in [-0.2, -0.15) is 0 Å². The van der Waals surface area contributed by atoms with Crippen LogP contribution in [0, 0.1) is 0 Å². The summed E-state index contributed by atoms with van der Waals surface area (Å²) < 4.78 is 11.7. The number of Topliss-reactive ketones (excluding diaryl/α,β-unsaturated/α-hetero) is 2. The lowest BCUT2D eigenvalue weighted by Crippen LogP contribution is -2.51. The van der Waals surface area contributed by atoms with Gasteiger partial charge in [0.05, 0.1) is 6.61 Å². The van der Waals surface area contributed by atoms with Crippen molar-refractivity contribution in [3.05, 3.63) is 0 Å². The average molecular weight is 251 g/mol.